The van der Waals surface area contributed by atoms with Gasteiger partial charge < -0.3 is 15.2 Å². The number of carbonyl (C=O) groups excluding carboxylic acids is 1. The van der Waals surface area contributed by atoms with Crippen LogP contribution in [0.5, 0.6) is 11.5 Å². The van der Waals surface area contributed by atoms with Crippen LogP contribution in [0.15, 0.2) is 75.8 Å². The van der Waals surface area contributed by atoms with Crippen molar-refractivity contribution in [2.75, 3.05) is 11.9 Å². The molecule has 0 heterocycles. The largest absolute Gasteiger partial charge is 0.505 e. The molecular formula is C27H23Cl2N3O6S. The number of amides is 1. The fourth-order valence-electron chi connectivity index (χ4n) is 4.01. The normalized spacial score (nSPS) is 11.7. The Kier molecular flexibility index (Phi) is 8.41. The van der Waals surface area contributed by atoms with Gasteiger partial charge >= 0.3 is 0 Å². The monoisotopic (exact) mass is 587 g/mol. The topological polar surface area (TPSA) is 138 Å². The Morgan fingerprint density at radius 2 is 1.77 bits per heavy atom. The van der Waals surface area contributed by atoms with E-state index in [-0.39, 0.29) is 39.0 Å². The first-order valence-corrected chi connectivity index (χ1v) is 13.9. The van der Waals surface area contributed by atoms with Crippen molar-refractivity contribution in [3.63, 3.8) is 0 Å². The average Bonchev–Trinajstić information content (AvgIpc) is 2.89. The Morgan fingerprint density at radius 3 is 2.46 bits per heavy atom. The summed E-state index contributed by atoms with van der Waals surface area (Å²) in [6.45, 7) is 3.89. The zero-order valence-electron chi connectivity index (χ0n) is 20.8. The molecule has 0 bridgehead atoms. The molecule has 0 aliphatic rings. The molecule has 0 saturated carbocycles. The van der Waals surface area contributed by atoms with Crippen LogP contribution in [0.2, 0.25) is 10.0 Å². The van der Waals surface area contributed by atoms with Crippen molar-refractivity contribution in [3.8, 4) is 11.5 Å². The highest BCUT2D eigenvalue weighted by molar-refractivity contribution is 7.86. The number of benzene rings is 4. The van der Waals surface area contributed by atoms with Crippen LogP contribution in [0.25, 0.3) is 10.8 Å². The number of phenols is 1. The molecule has 0 unspecified atom stereocenters. The third-order valence-electron chi connectivity index (χ3n) is 5.76. The van der Waals surface area contributed by atoms with Crippen LogP contribution in [0.1, 0.15) is 29.8 Å². The molecule has 1 amide bonds. The summed E-state index contributed by atoms with van der Waals surface area (Å²) in [7, 11) is -4.55. The van der Waals surface area contributed by atoms with Crippen LogP contribution in [0.3, 0.4) is 0 Å². The molecule has 0 spiro atoms. The van der Waals surface area contributed by atoms with Crippen LogP contribution in [-0.4, -0.2) is 30.6 Å². The summed E-state index contributed by atoms with van der Waals surface area (Å²) < 4.78 is 38.5. The number of azo groups is 1. The van der Waals surface area contributed by atoms with E-state index in [0.717, 1.165) is 0 Å². The molecular weight excluding hydrogens is 565 g/mol. The number of hydrogen-bond donors (Lipinski definition) is 3. The van der Waals surface area contributed by atoms with Gasteiger partial charge in [0.15, 0.2) is 5.75 Å². The van der Waals surface area contributed by atoms with Crippen molar-refractivity contribution in [2.24, 2.45) is 10.2 Å². The van der Waals surface area contributed by atoms with Gasteiger partial charge in [-0.1, -0.05) is 60.5 Å². The Balaban J connectivity index is 1.78. The van der Waals surface area contributed by atoms with E-state index < -0.39 is 26.7 Å². The quantitative estimate of drug-likeness (QED) is 0.142. The maximum absolute atomic E-state index is 13.2. The molecule has 0 fully saturated rings. The number of hydrogen-bond acceptors (Lipinski definition) is 7. The molecule has 0 aliphatic carbocycles. The fourth-order valence-corrected chi connectivity index (χ4v) is 5.60. The van der Waals surface area contributed by atoms with E-state index in [9.17, 15) is 22.9 Å². The summed E-state index contributed by atoms with van der Waals surface area (Å²) in [5.74, 6) is -0.665. The first kappa shape index (κ1) is 28.3. The molecule has 0 aromatic heterocycles. The van der Waals surface area contributed by atoms with Crippen LogP contribution < -0.4 is 10.1 Å². The molecule has 3 N–H and O–H groups in total. The molecule has 0 radical (unpaired) electrons. The second kappa shape index (κ2) is 11.6. The summed E-state index contributed by atoms with van der Waals surface area (Å²) in [6.07, 6.45) is 0.245. The molecule has 9 nitrogen and oxygen atoms in total. The second-order valence-electron chi connectivity index (χ2n) is 8.29. The van der Waals surface area contributed by atoms with Gasteiger partial charge in [0.05, 0.1) is 28.6 Å². The van der Waals surface area contributed by atoms with Gasteiger partial charge in [-0.3, -0.25) is 9.35 Å². The number of aryl methyl sites for hydroxylation is 1. The Labute approximate surface area is 234 Å². The predicted molar refractivity (Wildman–Crippen MR) is 151 cm³/mol. The van der Waals surface area contributed by atoms with Crippen molar-refractivity contribution in [1.29, 1.82) is 0 Å². The van der Waals surface area contributed by atoms with Gasteiger partial charge in [0.2, 0.25) is 0 Å². The Hall–Kier alpha value is -3.70. The molecule has 4 rings (SSSR count). The molecule has 4 aromatic carbocycles. The Morgan fingerprint density at radius 1 is 1.03 bits per heavy atom. The van der Waals surface area contributed by atoms with Crippen LogP contribution >= 0.6 is 23.2 Å². The molecule has 12 heteroatoms. The third kappa shape index (κ3) is 5.99. The minimum atomic E-state index is -4.55. The van der Waals surface area contributed by atoms with Crippen molar-refractivity contribution >= 4 is 67.1 Å². The number of anilines is 1. The Bertz CT molecular complexity index is 1720. The SMILES string of the molecule is CCOc1cccc(NC(=O)c2cc3ccccc3c(N=Nc3cc(Cl)c(S(=O)(=O)O)c(CC)c3)c2O)c1Cl. The van der Waals surface area contributed by atoms with Gasteiger partial charge in [-0.25, -0.2) is 0 Å². The lowest BCUT2D eigenvalue weighted by atomic mass is 10.0. The molecule has 4 aromatic rings. The number of nitrogens with one attached hydrogen (secondary N) is 1. The third-order valence-corrected chi connectivity index (χ3v) is 7.56. The van der Waals surface area contributed by atoms with Crippen LogP contribution in [0, 0.1) is 0 Å². The maximum atomic E-state index is 13.2. The van der Waals surface area contributed by atoms with E-state index in [1.807, 2.05) is 6.92 Å². The van der Waals surface area contributed by atoms with Crippen molar-refractivity contribution in [2.45, 2.75) is 25.2 Å². The summed E-state index contributed by atoms with van der Waals surface area (Å²) in [4.78, 5) is 12.8. The number of nitrogens with zero attached hydrogens (tertiary/aromatic N) is 2. The van der Waals surface area contributed by atoms with Crippen molar-refractivity contribution in [1.82, 2.24) is 0 Å². The molecule has 0 aliphatic heterocycles. The lowest BCUT2D eigenvalue weighted by molar-refractivity contribution is 0.102. The van der Waals surface area contributed by atoms with Gasteiger partial charge in [-0.15, -0.1) is 5.11 Å². The van der Waals surface area contributed by atoms with Gasteiger partial charge in [-0.2, -0.15) is 13.5 Å². The van der Waals surface area contributed by atoms with Gasteiger partial charge in [0.1, 0.15) is 21.4 Å². The van der Waals surface area contributed by atoms with E-state index in [1.165, 1.54) is 18.2 Å². The molecule has 0 atom stereocenters. The maximum Gasteiger partial charge on any atom is 0.296 e. The summed E-state index contributed by atoms with van der Waals surface area (Å²) in [6, 6.07) is 16.1. The highest BCUT2D eigenvalue weighted by Gasteiger charge is 2.22. The first-order valence-electron chi connectivity index (χ1n) is 11.7. The predicted octanol–water partition coefficient (Wildman–Crippen LogP) is 7.73. The van der Waals surface area contributed by atoms with Gasteiger partial charge in [0, 0.05) is 5.39 Å². The highest BCUT2D eigenvalue weighted by Crippen LogP contribution is 2.41. The zero-order valence-corrected chi connectivity index (χ0v) is 23.1. The fraction of sp³-hybridized carbons (Fsp3) is 0.148. The van der Waals surface area contributed by atoms with Crippen molar-refractivity contribution < 1.29 is 27.6 Å². The minimum Gasteiger partial charge on any atom is -0.505 e. The van der Waals surface area contributed by atoms with E-state index >= 15 is 0 Å². The number of halogens is 2. The first-order chi connectivity index (χ1) is 18.5. The number of ether oxygens (including phenoxy) is 1. The van der Waals surface area contributed by atoms with Crippen molar-refractivity contribution in [3.05, 3.63) is 81.8 Å². The summed E-state index contributed by atoms with van der Waals surface area (Å²) in [5, 5.41) is 23.3. The minimum absolute atomic E-state index is 0.0143. The molecule has 202 valence electrons. The number of carbonyl (C=O) groups is 1. The zero-order chi connectivity index (χ0) is 28.3. The lowest BCUT2D eigenvalue weighted by Crippen LogP contribution is -2.13. The van der Waals surface area contributed by atoms with E-state index in [1.54, 1.807) is 49.4 Å². The van der Waals surface area contributed by atoms with E-state index in [4.69, 9.17) is 27.9 Å². The van der Waals surface area contributed by atoms with Crippen LogP contribution in [0.4, 0.5) is 17.1 Å². The van der Waals surface area contributed by atoms with Crippen LogP contribution in [-0.2, 0) is 16.5 Å². The number of phenolic OH excluding ortho intramolecular Hbond substituents is 1. The number of fused-ring (bicyclic) bond motifs is 1. The number of aromatic hydroxyl groups is 1. The lowest BCUT2D eigenvalue weighted by Gasteiger charge is -2.13. The average molecular weight is 588 g/mol. The summed E-state index contributed by atoms with van der Waals surface area (Å²) in [5.41, 5.74) is 0.661. The standard InChI is InChI=1S/C27H23Cl2N3O6S/c1-3-15-12-17(14-20(28)26(15)39(35,36)37)31-32-24-18-9-6-5-8-16(18)13-19(25(24)33)27(34)30-21-10-7-11-22(23(21)29)38-4-2/h5-14,33H,3-4H2,1-2H3,(H,30,34)(H,35,36,37). The smallest absolute Gasteiger partial charge is 0.296 e. The second-order valence-corrected chi connectivity index (χ2v) is 10.4. The highest BCUT2D eigenvalue weighted by atomic mass is 35.5. The van der Waals surface area contributed by atoms with E-state index in [0.29, 0.717) is 28.8 Å². The van der Waals surface area contributed by atoms with Gasteiger partial charge in [0.25, 0.3) is 16.0 Å². The van der Waals surface area contributed by atoms with Gasteiger partial charge in [-0.05, 0) is 54.6 Å². The summed E-state index contributed by atoms with van der Waals surface area (Å²) >= 11 is 12.5. The molecule has 39 heavy (non-hydrogen) atoms. The number of rotatable bonds is 8. The molecule has 0 saturated heterocycles. The van der Waals surface area contributed by atoms with E-state index in [2.05, 4.69) is 15.5 Å².